The molecule has 0 saturated carbocycles. The molecule has 0 aliphatic carbocycles. The number of hydrogen-bond acceptors (Lipinski definition) is 5. The van der Waals surface area contributed by atoms with Gasteiger partial charge in [0.25, 0.3) is 5.91 Å². The Bertz CT molecular complexity index is 909. The topological polar surface area (TPSA) is 79.8 Å². The van der Waals surface area contributed by atoms with Gasteiger partial charge in [-0.25, -0.2) is 5.43 Å². The average molecular weight is 430 g/mol. The lowest BCUT2D eigenvalue weighted by Crippen LogP contribution is -2.45. The first-order valence-corrected chi connectivity index (χ1v) is 10.4. The monoisotopic (exact) mass is 429 g/mol. The second kappa shape index (κ2) is 10.8. The van der Waals surface area contributed by atoms with E-state index in [1.807, 2.05) is 36.4 Å². The number of nitrogens with zero attached hydrogens (tertiary/aromatic N) is 1. The van der Waals surface area contributed by atoms with E-state index in [2.05, 4.69) is 15.8 Å². The molecule has 0 aliphatic rings. The van der Waals surface area contributed by atoms with Gasteiger partial charge in [0, 0.05) is 28.9 Å². The van der Waals surface area contributed by atoms with Gasteiger partial charge in [0.1, 0.15) is 5.41 Å². The molecule has 0 aromatic heterocycles. The number of esters is 1. The van der Waals surface area contributed by atoms with Crippen LogP contribution in [0, 0.1) is 5.41 Å². The highest BCUT2D eigenvalue weighted by atomic mass is 35.5. The Labute approximate surface area is 182 Å². The predicted molar refractivity (Wildman–Crippen MR) is 121 cm³/mol. The summed E-state index contributed by atoms with van der Waals surface area (Å²) in [5, 5.41) is 8.09. The summed E-state index contributed by atoms with van der Waals surface area (Å²) in [4.78, 5) is 25.6. The normalized spacial score (nSPS) is 11.7. The lowest BCUT2D eigenvalue weighted by molar-refractivity contribution is -0.161. The first-order valence-electron chi connectivity index (χ1n) is 10.0. The summed E-state index contributed by atoms with van der Waals surface area (Å²) in [5.74, 6) is -1.03. The summed E-state index contributed by atoms with van der Waals surface area (Å²) in [6, 6.07) is 14.9. The number of carbonyl (C=O) groups is 2. The number of ether oxygens (including phenoxy) is 1. The van der Waals surface area contributed by atoms with E-state index in [1.165, 1.54) is 0 Å². The third kappa shape index (κ3) is 5.00. The van der Waals surface area contributed by atoms with Crippen LogP contribution in [0.1, 0.15) is 44.7 Å². The van der Waals surface area contributed by atoms with Gasteiger partial charge in [0.05, 0.1) is 12.3 Å². The van der Waals surface area contributed by atoms with Crippen molar-refractivity contribution in [1.82, 2.24) is 5.43 Å². The van der Waals surface area contributed by atoms with Crippen molar-refractivity contribution in [2.45, 2.75) is 33.6 Å². The number of halogens is 1. The molecule has 2 N–H and O–H groups in total. The summed E-state index contributed by atoms with van der Waals surface area (Å²) in [7, 11) is 1.80. The maximum atomic E-state index is 13.1. The van der Waals surface area contributed by atoms with Crippen molar-refractivity contribution in [1.29, 1.82) is 0 Å². The minimum absolute atomic E-state index is 0.209. The second-order valence-corrected chi connectivity index (χ2v) is 7.15. The van der Waals surface area contributed by atoms with Gasteiger partial charge in [0.15, 0.2) is 0 Å². The third-order valence-electron chi connectivity index (χ3n) is 5.13. The van der Waals surface area contributed by atoms with Gasteiger partial charge in [-0.1, -0.05) is 55.8 Å². The SMILES string of the molecule is CCOC(=O)C(CC)(CC)C(=O)N/N=C(\c1ccccc1)c1cc(Cl)ccc1NC. The van der Waals surface area contributed by atoms with Crippen LogP contribution in [-0.4, -0.2) is 31.2 Å². The fourth-order valence-corrected chi connectivity index (χ4v) is 3.41. The molecule has 2 aromatic carbocycles. The molecular weight excluding hydrogens is 402 g/mol. The number of nitrogens with one attached hydrogen (secondary N) is 2. The molecule has 0 spiro atoms. The number of benzene rings is 2. The highest BCUT2D eigenvalue weighted by molar-refractivity contribution is 6.31. The van der Waals surface area contributed by atoms with Crippen molar-refractivity contribution in [3.63, 3.8) is 0 Å². The van der Waals surface area contributed by atoms with E-state index < -0.39 is 17.3 Å². The van der Waals surface area contributed by atoms with Crippen LogP contribution in [0.25, 0.3) is 0 Å². The molecule has 0 aliphatic heterocycles. The Morgan fingerprint density at radius 1 is 1.07 bits per heavy atom. The number of carbonyl (C=O) groups excluding carboxylic acids is 2. The summed E-state index contributed by atoms with van der Waals surface area (Å²) in [6.45, 7) is 5.51. The summed E-state index contributed by atoms with van der Waals surface area (Å²) < 4.78 is 5.16. The second-order valence-electron chi connectivity index (χ2n) is 6.72. The summed E-state index contributed by atoms with van der Waals surface area (Å²) in [5.41, 5.74) is 4.18. The average Bonchev–Trinajstić information content (AvgIpc) is 2.76. The Morgan fingerprint density at radius 3 is 2.30 bits per heavy atom. The molecule has 160 valence electrons. The van der Waals surface area contributed by atoms with Crippen LogP contribution < -0.4 is 10.7 Å². The van der Waals surface area contributed by atoms with E-state index in [0.717, 1.165) is 16.8 Å². The van der Waals surface area contributed by atoms with Gasteiger partial charge in [0.2, 0.25) is 0 Å². The number of hydrazone groups is 1. The van der Waals surface area contributed by atoms with Crippen molar-refractivity contribution < 1.29 is 14.3 Å². The van der Waals surface area contributed by atoms with E-state index in [-0.39, 0.29) is 6.61 Å². The fraction of sp³-hybridized carbons (Fsp3) is 0.348. The molecule has 0 heterocycles. The van der Waals surface area contributed by atoms with E-state index in [4.69, 9.17) is 16.3 Å². The van der Waals surface area contributed by atoms with Gasteiger partial charge in [-0.05, 0) is 38.0 Å². The molecule has 2 aromatic rings. The van der Waals surface area contributed by atoms with Crippen molar-refractivity contribution in [3.8, 4) is 0 Å². The van der Waals surface area contributed by atoms with Crippen molar-refractivity contribution in [2.24, 2.45) is 10.5 Å². The van der Waals surface area contributed by atoms with E-state index in [0.29, 0.717) is 23.6 Å². The van der Waals surface area contributed by atoms with Crippen molar-refractivity contribution in [2.75, 3.05) is 19.0 Å². The molecule has 0 bridgehead atoms. The minimum atomic E-state index is -1.29. The molecule has 0 radical (unpaired) electrons. The van der Waals surface area contributed by atoms with Crippen LogP contribution in [0.5, 0.6) is 0 Å². The Hall–Kier alpha value is -2.86. The zero-order valence-corrected chi connectivity index (χ0v) is 18.5. The largest absolute Gasteiger partial charge is 0.465 e. The van der Waals surface area contributed by atoms with Gasteiger partial charge in [-0.3, -0.25) is 9.59 Å². The zero-order chi connectivity index (χ0) is 22.1. The molecular formula is C23H28ClN3O3. The van der Waals surface area contributed by atoms with Crippen LogP contribution in [-0.2, 0) is 14.3 Å². The number of hydrogen-bond donors (Lipinski definition) is 2. The summed E-state index contributed by atoms with van der Waals surface area (Å²) >= 11 is 6.23. The molecule has 0 saturated heterocycles. The zero-order valence-electron chi connectivity index (χ0n) is 17.8. The minimum Gasteiger partial charge on any atom is -0.465 e. The highest BCUT2D eigenvalue weighted by Gasteiger charge is 2.44. The number of rotatable bonds is 9. The molecule has 0 atom stereocenters. The Kier molecular flexibility index (Phi) is 8.42. The maximum absolute atomic E-state index is 13.1. The molecule has 0 fully saturated rings. The lowest BCUT2D eigenvalue weighted by atomic mass is 9.81. The van der Waals surface area contributed by atoms with Gasteiger partial charge in [-0.15, -0.1) is 0 Å². The Balaban J connectivity index is 2.52. The molecule has 30 heavy (non-hydrogen) atoms. The van der Waals surface area contributed by atoms with Crippen molar-refractivity contribution >= 4 is 34.9 Å². The number of amides is 1. The molecule has 2 rings (SSSR count). The van der Waals surface area contributed by atoms with Gasteiger partial charge < -0.3 is 10.1 Å². The van der Waals surface area contributed by atoms with Crippen molar-refractivity contribution in [3.05, 3.63) is 64.7 Å². The van der Waals surface area contributed by atoms with Crippen LogP contribution in [0.3, 0.4) is 0 Å². The maximum Gasteiger partial charge on any atom is 0.321 e. The quantitative estimate of drug-likeness (QED) is 0.264. The molecule has 1 amide bonds. The van der Waals surface area contributed by atoms with Crippen LogP contribution in [0.15, 0.2) is 53.6 Å². The smallest absolute Gasteiger partial charge is 0.321 e. The first-order chi connectivity index (χ1) is 14.4. The molecule has 6 nitrogen and oxygen atoms in total. The molecule has 0 unspecified atom stereocenters. The standard InChI is InChI=1S/C23H28ClN3O3/c1-5-23(6-2,22(29)30-7-3)21(28)27-26-20(16-11-9-8-10-12-16)18-15-17(24)13-14-19(18)25-4/h8-15,25H,5-7H2,1-4H3,(H,27,28)/b26-20+. The van der Waals surface area contributed by atoms with Crippen LogP contribution >= 0.6 is 11.6 Å². The Morgan fingerprint density at radius 2 is 1.73 bits per heavy atom. The van der Waals surface area contributed by atoms with Crippen LogP contribution in [0.2, 0.25) is 5.02 Å². The van der Waals surface area contributed by atoms with Gasteiger partial charge in [-0.2, -0.15) is 5.10 Å². The molecule has 7 heteroatoms. The van der Waals surface area contributed by atoms with E-state index in [1.54, 1.807) is 40.0 Å². The number of anilines is 1. The van der Waals surface area contributed by atoms with Crippen LogP contribution in [0.4, 0.5) is 5.69 Å². The predicted octanol–water partition coefficient (Wildman–Crippen LogP) is 4.62. The summed E-state index contributed by atoms with van der Waals surface area (Å²) in [6.07, 6.45) is 0.618. The van der Waals surface area contributed by atoms with E-state index >= 15 is 0 Å². The third-order valence-corrected chi connectivity index (χ3v) is 5.37. The highest BCUT2D eigenvalue weighted by Crippen LogP contribution is 2.29. The van der Waals surface area contributed by atoms with E-state index in [9.17, 15) is 9.59 Å². The lowest BCUT2D eigenvalue weighted by Gasteiger charge is -2.26. The van der Waals surface area contributed by atoms with Gasteiger partial charge >= 0.3 is 5.97 Å². The fourth-order valence-electron chi connectivity index (χ4n) is 3.24. The first kappa shape index (κ1) is 23.4.